The van der Waals surface area contributed by atoms with E-state index in [4.69, 9.17) is 0 Å². The van der Waals surface area contributed by atoms with Gasteiger partial charge in [0.2, 0.25) is 0 Å². The third-order valence-electron chi connectivity index (χ3n) is 3.44. The number of carbonyl (C=O) groups is 1. The Bertz CT molecular complexity index is 510. The molecule has 20 heavy (non-hydrogen) atoms. The minimum Gasteiger partial charge on any atom is -0.339 e. The van der Waals surface area contributed by atoms with E-state index in [0.29, 0.717) is 0 Å². The molecule has 0 atom stereocenters. The SMILES string of the molecule is O=C(c1ccc(F)c(S)c1)N1CCC(C(F)(F)F)CC1. The van der Waals surface area contributed by atoms with E-state index in [1.54, 1.807) is 0 Å². The Labute approximate surface area is 119 Å². The quantitative estimate of drug-likeness (QED) is 0.622. The summed E-state index contributed by atoms with van der Waals surface area (Å²) in [7, 11) is 0. The first-order chi connectivity index (χ1) is 9.29. The Morgan fingerprint density at radius 2 is 1.85 bits per heavy atom. The van der Waals surface area contributed by atoms with Crippen LogP contribution in [0.3, 0.4) is 0 Å². The molecular weight excluding hydrogens is 294 g/mol. The molecule has 1 aromatic rings. The molecule has 0 aliphatic carbocycles. The van der Waals surface area contributed by atoms with Crippen molar-refractivity contribution in [3.63, 3.8) is 0 Å². The van der Waals surface area contributed by atoms with Crippen LogP contribution in [-0.2, 0) is 0 Å². The van der Waals surface area contributed by atoms with E-state index in [0.717, 1.165) is 6.07 Å². The molecule has 1 amide bonds. The number of alkyl halides is 3. The molecule has 1 saturated heterocycles. The fraction of sp³-hybridized carbons (Fsp3) is 0.462. The van der Waals surface area contributed by atoms with Crippen LogP contribution in [-0.4, -0.2) is 30.1 Å². The zero-order chi connectivity index (χ0) is 14.9. The summed E-state index contributed by atoms with van der Waals surface area (Å²) < 4.78 is 50.7. The number of amides is 1. The third-order valence-corrected chi connectivity index (χ3v) is 3.78. The van der Waals surface area contributed by atoms with Crippen LogP contribution >= 0.6 is 12.6 Å². The van der Waals surface area contributed by atoms with Gasteiger partial charge in [-0.05, 0) is 31.0 Å². The van der Waals surface area contributed by atoms with Crippen molar-refractivity contribution in [1.82, 2.24) is 4.90 Å². The topological polar surface area (TPSA) is 20.3 Å². The first kappa shape index (κ1) is 15.2. The number of rotatable bonds is 1. The second-order valence-corrected chi connectivity index (χ2v) is 5.26. The molecular formula is C13H13F4NOS. The summed E-state index contributed by atoms with van der Waals surface area (Å²) >= 11 is 3.88. The van der Waals surface area contributed by atoms with E-state index < -0.39 is 17.9 Å². The predicted octanol–water partition coefficient (Wildman–Crippen LogP) is 3.53. The number of nitrogens with zero attached hydrogens (tertiary/aromatic N) is 1. The number of hydrogen-bond acceptors (Lipinski definition) is 2. The summed E-state index contributed by atoms with van der Waals surface area (Å²) in [6, 6.07) is 3.72. The summed E-state index contributed by atoms with van der Waals surface area (Å²) in [5, 5.41) is 0. The largest absolute Gasteiger partial charge is 0.391 e. The Balaban J connectivity index is 2.03. The van der Waals surface area contributed by atoms with Crippen LogP contribution in [0.1, 0.15) is 23.2 Å². The standard InChI is InChI=1S/C13H13F4NOS/c14-10-2-1-8(7-11(10)20)12(19)18-5-3-9(4-6-18)13(15,16)17/h1-2,7,9,20H,3-6H2. The average Bonchev–Trinajstić information content (AvgIpc) is 2.40. The number of thiol groups is 1. The van der Waals surface area contributed by atoms with Gasteiger partial charge in [-0.3, -0.25) is 4.79 Å². The summed E-state index contributed by atoms with van der Waals surface area (Å²) in [6.45, 7) is 0.116. The summed E-state index contributed by atoms with van der Waals surface area (Å²) in [6.07, 6.45) is -4.39. The van der Waals surface area contributed by atoms with Gasteiger partial charge in [0.25, 0.3) is 5.91 Å². The molecule has 2 rings (SSSR count). The molecule has 0 aromatic heterocycles. The Kier molecular flexibility index (Phi) is 4.27. The molecule has 110 valence electrons. The van der Waals surface area contributed by atoms with Crippen LogP contribution in [0, 0.1) is 11.7 Å². The van der Waals surface area contributed by atoms with Crippen molar-refractivity contribution in [3.8, 4) is 0 Å². The van der Waals surface area contributed by atoms with Gasteiger partial charge in [-0.2, -0.15) is 13.2 Å². The van der Waals surface area contributed by atoms with E-state index in [9.17, 15) is 22.4 Å². The summed E-state index contributed by atoms with van der Waals surface area (Å²) in [5.41, 5.74) is 0.238. The van der Waals surface area contributed by atoms with Crippen LogP contribution < -0.4 is 0 Å². The third kappa shape index (κ3) is 3.26. The minimum absolute atomic E-state index is 0.0426. The van der Waals surface area contributed by atoms with Gasteiger partial charge >= 0.3 is 6.18 Å². The lowest BCUT2D eigenvalue weighted by Gasteiger charge is -2.33. The van der Waals surface area contributed by atoms with Crippen molar-refractivity contribution in [3.05, 3.63) is 29.6 Å². The highest BCUT2D eigenvalue weighted by atomic mass is 32.1. The van der Waals surface area contributed by atoms with Gasteiger partial charge in [0, 0.05) is 23.5 Å². The smallest absolute Gasteiger partial charge is 0.339 e. The van der Waals surface area contributed by atoms with Crippen molar-refractivity contribution in [1.29, 1.82) is 0 Å². The zero-order valence-corrected chi connectivity index (χ0v) is 11.3. The molecule has 1 heterocycles. The summed E-state index contributed by atoms with van der Waals surface area (Å²) in [5.74, 6) is -2.28. The van der Waals surface area contributed by atoms with Gasteiger partial charge in [-0.25, -0.2) is 4.39 Å². The van der Waals surface area contributed by atoms with Crippen LogP contribution in [0.15, 0.2) is 23.1 Å². The Morgan fingerprint density at radius 1 is 1.25 bits per heavy atom. The van der Waals surface area contributed by atoms with Gasteiger partial charge in [0.15, 0.2) is 0 Å². The van der Waals surface area contributed by atoms with E-state index in [2.05, 4.69) is 12.6 Å². The van der Waals surface area contributed by atoms with Crippen LogP contribution in [0.25, 0.3) is 0 Å². The van der Waals surface area contributed by atoms with Crippen molar-refractivity contribution >= 4 is 18.5 Å². The van der Waals surface area contributed by atoms with Gasteiger partial charge in [-0.1, -0.05) is 0 Å². The molecule has 0 spiro atoms. The van der Waals surface area contributed by atoms with Gasteiger partial charge in [0.1, 0.15) is 5.82 Å². The predicted molar refractivity (Wildman–Crippen MR) is 68.3 cm³/mol. The first-order valence-corrected chi connectivity index (χ1v) is 6.58. The number of benzene rings is 1. The second-order valence-electron chi connectivity index (χ2n) is 4.77. The van der Waals surface area contributed by atoms with Crippen molar-refractivity contribution in [2.45, 2.75) is 23.9 Å². The molecule has 1 aliphatic rings. The Morgan fingerprint density at radius 3 is 2.35 bits per heavy atom. The molecule has 1 fully saturated rings. The number of carbonyl (C=O) groups excluding carboxylic acids is 1. The molecule has 1 aliphatic heterocycles. The number of halogens is 4. The number of piperidine rings is 1. The average molecular weight is 307 g/mol. The fourth-order valence-corrected chi connectivity index (χ4v) is 2.45. The van der Waals surface area contributed by atoms with Crippen LogP contribution in [0.2, 0.25) is 0 Å². The molecule has 7 heteroatoms. The first-order valence-electron chi connectivity index (χ1n) is 6.13. The minimum atomic E-state index is -4.21. The van der Waals surface area contributed by atoms with Crippen molar-refractivity contribution < 1.29 is 22.4 Å². The number of hydrogen-bond donors (Lipinski definition) is 1. The van der Waals surface area contributed by atoms with Gasteiger partial charge in [-0.15, -0.1) is 12.6 Å². The highest BCUT2D eigenvalue weighted by molar-refractivity contribution is 7.80. The van der Waals surface area contributed by atoms with Gasteiger partial charge in [0.05, 0.1) is 5.92 Å². The normalized spacial score (nSPS) is 17.4. The van der Waals surface area contributed by atoms with Gasteiger partial charge < -0.3 is 4.90 Å². The molecule has 2 nitrogen and oxygen atoms in total. The van der Waals surface area contributed by atoms with Crippen LogP contribution in [0.5, 0.6) is 0 Å². The molecule has 0 saturated carbocycles. The van der Waals surface area contributed by atoms with Crippen LogP contribution in [0.4, 0.5) is 17.6 Å². The van der Waals surface area contributed by atoms with Crippen molar-refractivity contribution in [2.75, 3.05) is 13.1 Å². The highest BCUT2D eigenvalue weighted by Gasteiger charge is 2.41. The lowest BCUT2D eigenvalue weighted by atomic mass is 9.96. The highest BCUT2D eigenvalue weighted by Crippen LogP contribution is 2.34. The molecule has 0 radical (unpaired) electrons. The zero-order valence-electron chi connectivity index (χ0n) is 10.5. The molecule has 0 bridgehead atoms. The van der Waals surface area contributed by atoms with E-state index in [-0.39, 0.29) is 42.3 Å². The molecule has 1 aromatic carbocycles. The maximum atomic E-state index is 13.1. The van der Waals surface area contributed by atoms with E-state index in [1.165, 1.54) is 17.0 Å². The molecule has 0 N–H and O–H groups in total. The second kappa shape index (κ2) is 5.63. The number of likely N-dealkylation sites (tertiary alicyclic amines) is 1. The lowest BCUT2D eigenvalue weighted by Crippen LogP contribution is -2.42. The maximum absolute atomic E-state index is 13.1. The Hall–Kier alpha value is -1.24. The van der Waals surface area contributed by atoms with Crippen molar-refractivity contribution in [2.24, 2.45) is 5.92 Å². The fourth-order valence-electron chi connectivity index (χ4n) is 2.24. The van der Waals surface area contributed by atoms with E-state index >= 15 is 0 Å². The maximum Gasteiger partial charge on any atom is 0.391 e. The molecule has 0 unspecified atom stereocenters. The van der Waals surface area contributed by atoms with E-state index in [1.807, 2.05) is 0 Å². The lowest BCUT2D eigenvalue weighted by molar-refractivity contribution is -0.183. The summed E-state index contributed by atoms with van der Waals surface area (Å²) in [4.78, 5) is 13.5. The monoisotopic (exact) mass is 307 g/mol.